The predicted octanol–water partition coefficient (Wildman–Crippen LogP) is 7.04. The molecule has 0 aliphatic carbocycles. The van der Waals surface area contributed by atoms with E-state index in [4.69, 9.17) is 9.84 Å². The van der Waals surface area contributed by atoms with Crippen molar-refractivity contribution < 1.29 is 19.4 Å². The van der Waals surface area contributed by atoms with Crippen LogP contribution < -0.4 is 0 Å². The summed E-state index contributed by atoms with van der Waals surface area (Å²) in [7, 11) is 0. The summed E-state index contributed by atoms with van der Waals surface area (Å²) in [5.41, 5.74) is 0. The molecule has 4 heteroatoms. The molecule has 0 aliphatic rings. The van der Waals surface area contributed by atoms with Gasteiger partial charge < -0.3 is 9.84 Å². The molecule has 1 atom stereocenters. The highest BCUT2D eigenvalue weighted by molar-refractivity contribution is 5.71. The molecule has 0 aromatic carbocycles. The molecule has 0 fully saturated rings. The molecule has 160 valence electrons. The highest BCUT2D eigenvalue weighted by atomic mass is 16.5. The molecular formula is C23H44O4. The van der Waals surface area contributed by atoms with Crippen LogP contribution in [-0.2, 0) is 14.3 Å². The largest absolute Gasteiger partial charge is 0.481 e. The van der Waals surface area contributed by atoms with E-state index in [1.807, 2.05) is 0 Å². The summed E-state index contributed by atoms with van der Waals surface area (Å²) in [6.45, 7) is 4.42. The maximum Gasteiger partial charge on any atom is 0.307 e. The molecule has 0 bridgehead atoms. The van der Waals surface area contributed by atoms with E-state index < -0.39 is 12.1 Å². The number of carbonyl (C=O) groups excluding carboxylic acids is 1. The first kappa shape index (κ1) is 25.9. The van der Waals surface area contributed by atoms with Gasteiger partial charge in [-0.3, -0.25) is 9.59 Å². The maximum atomic E-state index is 12.0. The molecule has 0 saturated carbocycles. The third-order valence-electron chi connectivity index (χ3n) is 5.06. The lowest BCUT2D eigenvalue weighted by molar-refractivity contribution is -0.153. The highest BCUT2D eigenvalue weighted by Gasteiger charge is 2.17. The van der Waals surface area contributed by atoms with Gasteiger partial charge >= 0.3 is 11.9 Å². The number of carboxylic acids is 1. The van der Waals surface area contributed by atoms with Gasteiger partial charge in [-0.05, 0) is 19.3 Å². The molecule has 0 amide bonds. The Morgan fingerprint density at radius 2 is 1.15 bits per heavy atom. The lowest BCUT2D eigenvalue weighted by Crippen LogP contribution is -2.21. The van der Waals surface area contributed by atoms with Crippen LogP contribution in [0.25, 0.3) is 0 Å². The third-order valence-corrected chi connectivity index (χ3v) is 5.06. The number of rotatable bonds is 20. The minimum absolute atomic E-state index is 0.0702. The molecule has 1 N–H and O–H groups in total. The molecule has 0 radical (unpaired) electrons. The zero-order chi connectivity index (χ0) is 20.2. The van der Waals surface area contributed by atoms with Gasteiger partial charge in [0, 0.05) is 6.42 Å². The van der Waals surface area contributed by atoms with E-state index in [0.29, 0.717) is 12.8 Å². The summed E-state index contributed by atoms with van der Waals surface area (Å²) in [6.07, 6.45) is 18.4. The van der Waals surface area contributed by atoms with Crippen molar-refractivity contribution in [3.8, 4) is 0 Å². The number of unbranched alkanes of at least 4 members (excludes halogenated alkanes) is 13. The van der Waals surface area contributed by atoms with Gasteiger partial charge in [0.2, 0.25) is 0 Å². The van der Waals surface area contributed by atoms with Crippen LogP contribution in [0.3, 0.4) is 0 Å². The summed E-state index contributed by atoms with van der Waals surface area (Å²) in [6, 6.07) is 0. The summed E-state index contributed by atoms with van der Waals surface area (Å²) in [5, 5.41) is 9.05. The van der Waals surface area contributed by atoms with Crippen LogP contribution in [-0.4, -0.2) is 23.1 Å². The van der Waals surface area contributed by atoms with Crippen LogP contribution in [0.5, 0.6) is 0 Å². The number of hydrogen-bond donors (Lipinski definition) is 1. The number of hydrogen-bond acceptors (Lipinski definition) is 3. The Hall–Kier alpha value is -1.06. The minimum atomic E-state index is -0.886. The Bertz CT molecular complexity index is 354. The fourth-order valence-electron chi connectivity index (χ4n) is 3.37. The highest BCUT2D eigenvalue weighted by Crippen LogP contribution is 2.15. The van der Waals surface area contributed by atoms with E-state index in [-0.39, 0.29) is 12.4 Å². The van der Waals surface area contributed by atoms with Crippen molar-refractivity contribution in [2.75, 3.05) is 0 Å². The van der Waals surface area contributed by atoms with Crippen LogP contribution >= 0.6 is 0 Å². The van der Waals surface area contributed by atoms with Crippen molar-refractivity contribution >= 4 is 11.9 Å². The lowest BCUT2D eigenvalue weighted by Gasteiger charge is -2.16. The van der Waals surface area contributed by atoms with Crippen molar-refractivity contribution in [1.82, 2.24) is 0 Å². The van der Waals surface area contributed by atoms with E-state index >= 15 is 0 Å². The molecule has 0 aromatic heterocycles. The molecule has 0 rings (SSSR count). The molecule has 0 spiro atoms. The van der Waals surface area contributed by atoms with E-state index in [0.717, 1.165) is 32.1 Å². The van der Waals surface area contributed by atoms with Crippen LogP contribution in [0.4, 0.5) is 0 Å². The van der Waals surface area contributed by atoms with Crippen molar-refractivity contribution in [2.24, 2.45) is 0 Å². The van der Waals surface area contributed by atoms with Gasteiger partial charge in [0.25, 0.3) is 0 Å². The second-order valence-electron chi connectivity index (χ2n) is 7.84. The standard InChI is InChI=1S/C23H44O4/c1-3-5-7-9-11-12-13-14-16-18-21(20-22(24)25)27-23(26)19-17-15-10-8-6-4-2/h21H,3-20H2,1-2H3,(H,24,25). The predicted molar refractivity (Wildman–Crippen MR) is 112 cm³/mol. The van der Waals surface area contributed by atoms with Gasteiger partial charge in [0.1, 0.15) is 6.10 Å². The fourth-order valence-corrected chi connectivity index (χ4v) is 3.37. The third kappa shape index (κ3) is 19.5. The summed E-state index contributed by atoms with van der Waals surface area (Å²) >= 11 is 0. The van der Waals surface area contributed by atoms with Gasteiger partial charge in [-0.25, -0.2) is 0 Å². The molecule has 0 saturated heterocycles. The van der Waals surface area contributed by atoms with Crippen molar-refractivity contribution in [1.29, 1.82) is 0 Å². The number of carboxylic acid groups (broad SMARTS) is 1. The lowest BCUT2D eigenvalue weighted by atomic mass is 10.0. The van der Waals surface area contributed by atoms with Gasteiger partial charge in [0.05, 0.1) is 6.42 Å². The van der Waals surface area contributed by atoms with Gasteiger partial charge in [-0.1, -0.05) is 97.3 Å². The first-order valence-electron chi connectivity index (χ1n) is 11.5. The van der Waals surface area contributed by atoms with Crippen LogP contribution in [0.15, 0.2) is 0 Å². The van der Waals surface area contributed by atoms with Crippen LogP contribution in [0, 0.1) is 0 Å². The average Bonchev–Trinajstić information content (AvgIpc) is 2.62. The normalized spacial score (nSPS) is 12.1. The Balaban J connectivity index is 3.80. The first-order chi connectivity index (χ1) is 13.1. The summed E-state index contributed by atoms with van der Waals surface area (Å²) < 4.78 is 5.44. The van der Waals surface area contributed by atoms with Gasteiger partial charge in [0.15, 0.2) is 0 Å². The van der Waals surface area contributed by atoms with E-state index in [2.05, 4.69) is 13.8 Å². The first-order valence-corrected chi connectivity index (χ1v) is 11.5. The van der Waals surface area contributed by atoms with Crippen LogP contribution in [0.1, 0.15) is 129 Å². The number of aliphatic carboxylic acids is 1. The van der Waals surface area contributed by atoms with Crippen molar-refractivity contribution in [3.63, 3.8) is 0 Å². The summed E-state index contributed by atoms with van der Waals surface area (Å²) in [5.74, 6) is -1.11. The van der Waals surface area contributed by atoms with Crippen molar-refractivity contribution in [3.05, 3.63) is 0 Å². The van der Waals surface area contributed by atoms with Gasteiger partial charge in [-0.15, -0.1) is 0 Å². The Kier molecular flexibility index (Phi) is 18.9. The molecule has 27 heavy (non-hydrogen) atoms. The molecule has 0 heterocycles. The zero-order valence-electron chi connectivity index (χ0n) is 18.0. The minimum Gasteiger partial charge on any atom is -0.481 e. The number of esters is 1. The topological polar surface area (TPSA) is 63.6 Å². The Morgan fingerprint density at radius 3 is 1.63 bits per heavy atom. The fraction of sp³-hybridized carbons (Fsp3) is 0.913. The zero-order valence-corrected chi connectivity index (χ0v) is 18.0. The molecule has 0 aliphatic heterocycles. The molecule has 0 aromatic rings. The SMILES string of the molecule is CCCCCCCCCCCC(CC(=O)O)OC(=O)CCCCCCCC. The van der Waals surface area contributed by atoms with Crippen molar-refractivity contribution in [2.45, 2.75) is 136 Å². The van der Waals surface area contributed by atoms with E-state index in [1.54, 1.807) is 0 Å². The number of carbonyl (C=O) groups is 2. The van der Waals surface area contributed by atoms with Gasteiger partial charge in [-0.2, -0.15) is 0 Å². The number of ether oxygens (including phenoxy) is 1. The van der Waals surface area contributed by atoms with E-state index in [9.17, 15) is 9.59 Å². The molecule has 1 unspecified atom stereocenters. The maximum absolute atomic E-state index is 12.0. The summed E-state index contributed by atoms with van der Waals surface area (Å²) in [4.78, 5) is 23.0. The Morgan fingerprint density at radius 1 is 0.704 bits per heavy atom. The molecular weight excluding hydrogens is 340 g/mol. The van der Waals surface area contributed by atoms with Crippen LogP contribution in [0.2, 0.25) is 0 Å². The van der Waals surface area contributed by atoms with E-state index in [1.165, 1.54) is 64.2 Å². The molecule has 4 nitrogen and oxygen atoms in total. The second kappa shape index (κ2) is 19.7. The second-order valence-corrected chi connectivity index (χ2v) is 7.84. The average molecular weight is 385 g/mol. The smallest absolute Gasteiger partial charge is 0.307 e. The monoisotopic (exact) mass is 384 g/mol. The Labute approximate surface area is 167 Å². The quantitative estimate of drug-likeness (QED) is 0.180.